The van der Waals surface area contributed by atoms with Crippen LogP contribution in [-0.2, 0) is 24.2 Å². The van der Waals surface area contributed by atoms with Crippen molar-refractivity contribution in [3.8, 4) is 0 Å². The third-order valence-corrected chi connectivity index (χ3v) is 1.86. The maximum absolute atomic E-state index is 11.5. The molecule has 3 nitrogen and oxygen atoms in total. The molecule has 1 amide bonds. The molecule has 1 heterocycles. The van der Waals surface area contributed by atoms with E-state index >= 15 is 0 Å². The topological polar surface area (TPSA) is 29.5 Å². The van der Waals surface area contributed by atoms with E-state index in [-0.39, 0.29) is 55.1 Å². The van der Waals surface area contributed by atoms with Crippen molar-refractivity contribution in [1.29, 1.82) is 0 Å². The zero-order chi connectivity index (χ0) is 9.90. The second-order valence-corrected chi connectivity index (χ2v) is 4.33. The molecule has 1 aliphatic rings. The first-order valence-electron chi connectivity index (χ1n) is 4.78. The number of carbonyl (C=O) groups is 1. The monoisotopic (exact) mass is 376 g/mol. The van der Waals surface area contributed by atoms with E-state index in [0.717, 1.165) is 25.9 Å². The molecule has 0 bridgehead atoms. The molecule has 86 valence electrons. The predicted molar refractivity (Wildman–Crippen MR) is 66.8 cm³/mol. The summed E-state index contributed by atoms with van der Waals surface area (Å²) in [6.45, 7) is 7.27. The van der Waals surface area contributed by atoms with E-state index in [1.54, 1.807) is 4.90 Å². The van der Waals surface area contributed by atoms with Gasteiger partial charge in [-0.05, 0) is 33.9 Å². The van der Waals surface area contributed by atoms with Crippen molar-refractivity contribution in [2.45, 2.75) is 39.2 Å². The van der Waals surface area contributed by atoms with Gasteiger partial charge in [0.2, 0.25) is 0 Å². The molecule has 1 aliphatic heterocycles. The van der Waals surface area contributed by atoms with Crippen LogP contribution in [0.5, 0.6) is 0 Å². The Labute approximate surface area is 122 Å². The molecule has 0 aromatic rings. The number of amides is 1. The number of ether oxygens (including phenoxy) is 1. The van der Waals surface area contributed by atoms with Crippen molar-refractivity contribution in [3.05, 3.63) is 6.42 Å². The minimum atomic E-state index is -0.377. The van der Waals surface area contributed by atoms with Crippen molar-refractivity contribution in [2.24, 2.45) is 0 Å². The van der Waals surface area contributed by atoms with Gasteiger partial charge in [0.25, 0.3) is 0 Å². The van der Waals surface area contributed by atoms with Crippen molar-refractivity contribution in [2.75, 3.05) is 13.1 Å². The summed E-state index contributed by atoms with van der Waals surface area (Å²) in [4.78, 5) is 13.3. The third kappa shape index (κ3) is 7.50. The quantitative estimate of drug-likeness (QED) is 0.369. The van der Waals surface area contributed by atoms with Crippen LogP contribution in [0.4, 0.5) is 4.79 Å². The van der Waals surface area contributed by atoms with Crippen molar-refractivity contribution >= 4 is 30.1 Å². The first kappa shape index (κ1) is 18.0. The van der Waals surface area contributed by atoms with Gasteiger partial charge in [0.1, 0.15) is 5.60 Å². The van der Waals surface area contributed by atoms with Crippen molar-refractivity contribution < 1.29 is 29.0 Å². The van der Waals surface area contributed by atoms with Gasteiger partial charge in [0.15, 0.2) is 0 Å². The fourth-order valence-electron chi connectivity index (χ4n) is 1.26. The van der Waals surface area contributed by atoms with Gasteiger partial charge in [-0.2, -0.15) is 12.8 Å². The van der Waals surface area contributed by atoms with E-state index in [1.165, 1.54) is 0 Å². The van der Waals surface area contributed by atoms with E-state index in [2.05, 4.69) is 6.42 Å². The minimum absolute atomic E-state index is 0. The Morgan fingerprint density at radius 3 is 2.13 bits per heavy atom. The fourth-order valence-corrected chi connectivity index (χ4v) is 1.26. The van der Waals surface area contributed by atoms with Gasteiger partial charge >= 0.3 is 6.09 Å². The fraction of sp³-hybridized carbons (Fsp3) is 0.800. The molecule has 5 heteroatoms. The average molecular weight is 378 g/mol. The zero-order valence-corrected chi connectivity index (χ0v) is 15.1. The molecule has 0 radical (unpaired) electrons. The van der Waals surface area contributed by atoms with Crippen LogP contribution in [0.15, 0.2) is 0 Å². The van der Waals surface area contributed by atoms with Crippen molar-refractivity contribution in [1.82, 2.24) is 4.90 Å². The van der Waals surface area contributed by atoms with Crippen LogP contribution < -0.4 is 0 Å². The first-order valence-corrected chi connectivity index (χ1v) is 4.78. The molecule has 0 aromatic carbocycles. The normalized spacial score (nSPS) is 16.1. The zero-order valence-electron chi connectivity index (χ0n) is 9.78. The number of likely N-dealkylation sites (tertiary alicyclic amines) is 1. The third-order valence-electron chi connectivity index (χ3n) is 1.86. The van der Waals surface area contributed by atoms with Crippen LogP contribution in [-0.4, -0.2) is 29.7 Å². The van der Waals surface area contributed by atoms with Gasteiger partial charge in [-0.1, -0.05) is 0 Å². The van der Waals surface area contributed by atoms with Crippen LogP contribution >= 0.6 is 24.0 Å². The molecule has 0 saturated carbocycles. The molecule has 0 spiro atoms. The molecule has 15 heavy (non-hydrogen) atoms. The summed E-state index contributed by atoms with van der Waals surface area (Å²) in [7, 11) is 0. The molecule has 1 rings (SSSR count). The summed E-state index contributed by atoms with van der Waals surface area (Å²) in [5.41, 5.74) is -0.377. The van der Waals surface area contributed by atoms with Crippen LogP contribution in [0.25, 0.3) is 0 Å². The van der Waals surface area contributed by atoms with Gasteiger partial charge in [-0.25, -0.2) is 4.79 Å². The van der Waals surface area contributed by atoms with E-state index in [9.17, 15) is 4.79 Å². The molecular weight excluding hydrogens is 358 g/mol. The Kier molecular flexibility index (Phi) is 9.39. The van der Waals surface area contributed by atoms with Gasteiger partial charge in [0, 0.05) is 19.5 Å². The molecule has 1 fully saturated rings. The number of carbonyl (C=O) groups excluding carboxylic acids is 1. The minimum Gasteiger partial charge on any atom is -0.444 e. The summed E-state index contributed by atoms with van der Waals surface area (Å²) >= 11 is 0. The number of rotatable bonds is 0. The Morgan fingerprint density at radius 1 is 1.27 bits per heavy atom. The average Bonchev–Trinajstić information content (AvgIpc) is 2.03. The molecule has 1 saturated heterocycles. The molecule has 0 aliphatic carbocycles. The molecular formula is C10H19INO2Zn-. The van der Waals surface area contributed by atoms with E-state index in [1.807, 2.05) is 20.8 Å². The van der Waals surface area contributed by atoms with Crippen molar-refractivity contribution in [3.63, 3.8) is 0 Å². The van der Waals surface area contributed by atoms with E-state index in [0.29, 0.717) is 0 Å². The van der Waals surface area contributed by atoms with Gasteiger partial charge in [0.05, 0.1) is 0 Å². The van der Waals surface area contributed by atoms with Crippen LogP contribution in [0.2, 0.25) is 0 Å². The Morgan fingerprint density at radius 2 is 1.73 bits per heavy atom. The van der Waals surface area contributed by atoms with E-state index < -0.39 is 0 Å². The summed E-state index contributed by atoms with van der Waals surface area (Å²) < 4.78 is 5.25. The number of halogens is 1. The number of nitrogens with zero attached hydrogens (tertiary/aromatic N) is 1. The first-order chi connectivity index (χ1) is 5.99. The Hall–Kier alpha value is 0.623. The second-order valence-electron chi connectivity index (χ2n) is 4.33. The Balaban J connectivity index is 0. The second kappa shape index (κ2) is 7.83. The predicted octanol–water partition coefficient (Wildman–Crippen LogP) is 2.84. The molecule has 0 N–H and O–H groups in total. The molecule has 0 atom stereocenters. The largest absolute Gasteiger partial charge is 0.444 e. The van der Waals surface area contributed by atoms with Gasteiger partial charge in [-0.15, -0.1) is 24.0 Å². The summed E-state index contributed by atoms with van der Waals surface area (Å²) in [6.07, 6.45) is 4.00. The smallest absolute Gasteiger partial charge is 0.410 e. The standard InChI is InChI=1S/C10H18NO2.HI.Zn/c1-10(2,3)13-9(12)11-7-5-4-6-8-11;;/h4H,5-8H2,1-3H3;1H;/q-1;;. The summed E-state index contributed by atoms with van der Waals surface area (Å²) in [5, 5.41) is 0. The SMILES string of the molecule is CC(C)(C)OC(=O)N1CC[CH-]CC1.I.[Zn]. The maximum Gasteiger partial charge on any atom is 0.410 e. The van der Waals surface area contributed by atoms with Crippen LogP contribution in [0, 0.1) is 6.42 Å². The summed E-state index contributed by atoms with van der Waals surface area (Å²) in [6, 6.07) is 0. The number of hydrogen-bond acceptors (Lipinski definition) is 2. The maximum atomic E-state index is 11.5. The van der Waals surface area contributed by atoms with Crippen LogP contribution in [0.1, 0.15) is 33.6 Å². The number of piperidine rings is 1. The number of hydrogen-bond donors (Lipinski definition) is 0. The van der Waals surface area contributed by atoms with E-state index in [4.69, 9.17) is 4.74 Å². The molecule has 0 unspecified atom stereocenters. The molecule has 0 aromatic heterocycles. The van der Waals surface area contributed by atoms with Crippen LogP contribution in [0.3, 0.4) is 0 Å². The van der Waals surface area contributed by atoms with Gasteiger partial charge < -0.3 is 16.1 Å². The summed E-state index contributed by atoms with van der Waals surface area (Å²) in [5.74, 6) is 0. The Bertz CT molecular complexity index is 188. The van der Waals surface area contributed by atoms with Gasteiger partial charge in [-0.3, -0.25) is 0 Å².